The molecule has 0 bridgehead atoms. The maximum absolute atomic E-state index is 5.24. The van der Waals surface area contributed by atoms with Gasteiger partial charge in [-0.1, -0.05) is 51.8 Å². The van der Waals surface area contributed by atoms with E-state index in [2.05, 4.69) is 54.0 Å². The Morgan fingerprint density at radius 3 is 2.18 bits per heavy atom. The van der Waals surface area contributed by atoms with Gasteiger partial charge in [0.2, 0.25) is 0 Å². The van der Waals surface area contributed by atoms with Gasteiger partial charge in [-0.05, 0) is 31.5 Å². The van der Waals surface area contributed by atoms with E-state index >= 15 is 0 Å². The molecule has 2 heteroatoms. The topological polar surface area (TPSA) is 9.23 Å². The molecule has 0 spiro atoms. The van der Waals surface area contributed by atoms with Gasteiger partial charge in [-0.2, -0.15) is 0 Å². The van der Waals surface area contributed by atoms with Crippen molar-refractivity contribution >= 4 is 15.9 Å². The van der Waals surface area contributed by atoms with E-state index in [4.69, 9.17) is 4.74 Å². The van der Waals surface area contributed by atoms with Crippen LogP contribution in [-0.2, 0) is 6.61 Å². The fourth-order valence-electron chi connectivity index (χ4n) is 1.72. The molecule has 0 amide bonds. The van der Waals surface area contributed by atoms with Crippen LogP contribution in [0.3, 0.4) is 0 Å². The highest BCUT2D eigenvalue weighted by molar-refractivity contribution is 9.10. The Hall–Kier alpha value is -1.28. The fourth-order valence-corrected chi connectivity index (χ4v) is 2.34. The Labute approximate surface area is 111 Å². The van der Waals surface area contributed by atoms with Gasteiger partial charge >= 0.3 is 0 Å². The van der Waals surface area contributed by atoms with Crippen LogP contribution in [0.5, 0.6) is 5.75 Å². The highest BCUT2D eigenvalue weighted by atomic mass is 79.9. The van der Waals surface area contributed by atoms with Crippen molar-refractivity contribution in [1.29, 1.82) is 0 Å². The lowest BCUT2D eigenvalue weighted by Gasteiger charge is -2.22. The monoisotopic (exact) mass is 290 g/mol. The highest BCUT2D eigenvalue weighted by Crippen LogP contribution is 2.35. The number of ether oxygens (including phenoxy) is 1. The summed E-state index contributed by atoms with van der Waals surface area (Å²) in [5, 5.41) is 0. The fraction of sp³-hybridized carbons (Fsp3) is 0.200. The van der Waals surface area contributed by atoms with Crippen molar-refractivity contribution in [2.45, 2.75) is 20.5 Å². The molecule has 2 aromatic carbocycles. The van der Waals surface area contributed by atoms with Crippen molar-refractivity contribution in [2.24, 2.45) is 0 Å². The van der Waals surface area contributed by atoms with Crippen LogP contribution in [0.2, 0.25) is 0 Å². The van der Waals surface area contributed by atoms with Gasteiger partial charge in [-0.15, -0.1) is 0 Å². The summed E-state index contributed by atoms with van der Waals surface area (Å²) in [5.74, 6) is 1.07. The first-order valence-corrected chi connectivity index (χ1v) is 6.39. The quantitative estimate of drug-likeness (QED) is 0.686. The van der Waals surface area contributed by atoms with Crippen LogP contribution in [0, 0.1) is 13.8 Å². The molecule has 0 unspecified atom stereocenters. The van der Waals surface area contributed by atoms with Crippen LogP contribution in [0.25, 0.3) is 0 Å². The van der Waals surface area contributed by atoms with E-state index in [1.165, 1.54) is 16.7 Å². The zero-order valence-corrected chi connectivity index (χ0v) is 11.6. The molecule has 0 radical (unpaired) electrons. The molecule has 0 aliphatic carbocycles. The number of halogens is 1. The second-order valence-electron chi connectivity index (χ2n) is 4.15. The molecule has 0 aromatic heterocycles. The zero-order valence-electron chi connectivity index (χ0n) is 10.0. The molecule has 0 atom stereocenters. The van der Waals surface area contributed by atoms with Gasteiger partial charge in [-0.3, -0.25) is 0 Å². The van der Waals surface area contributed by atoms with Crippen molar-refractivity contribution < 1.29 is 4.74 Å². The van der Waals surface area contributed by atoms with E-state index in [0.717, 1.165) is 16.8 Å². The summed E-state index contributed by atoms with van der Waals surface area (Å²) in [4.78, 5) is 0. The van der Waals surface area contributed by atoms with Crippen LogP contribution in [0.15, 0.2) is 46.9 Å². The third-order valence-electron chi connectivity index (χ3n) is 2.63. The van der Waals surface area contributed by atoms with E-state index in [-0.39, 0.29) is 0 Å². The molecule has 1 nitrogen and oxygen atoms in total. The predicted molar refractivity (Wildman–Crippen MR) is 74.4 cm³/mol. The zero-order chi connectivity index (χ0) is 12.3. The number of hydrogen-bond acceptors (Lipinski definition) is 1. The molecular formula is C15H15BrO. The molecule has 1 heterocycles. The van der Waals surface area contributed by atoms with Crippen LogP contribution >= 0.6 is 15.9 Å². The molecule has 0 saturated heterocycles. The number of benzene rings is 2. The van der Waals surface area contributed by atoms with Crippen molar-refractivity contribution in [3.63, 3.8) is 0 Å². The van der Waals surface area contributed by atoms with Crippen LogP contribution in [0.1, 0.15) is 16.7 Å². The van der Waals surface area contributed by atoms with Crippen molar-refractivity contribution in [3.05, 3.63) is 63.6 Å². The average Bonchev–Trinajstić information content (AvgIpc) is 2.24. The molecule has 1 aliphatic heterocycles. The summed E-state index contributed by atoms with van der Waals surface area (Å²) in [6.45, 7) is 4.92. The lowest BCUT2D eigenvalue weighted by atomic mass is 10.1. The van der Waals surface area contributed by atoms with Crippen LogP contribution in [0.4, 0.5) is 0 Å². The summed E-state index contributed by atoms with van der Waals surface area (Å²) >= 11 is 3.43. The minimum atomic E-state index is 0.773. The van der Waals surface area contributed by atoms with E-state index < -0.39 is 0 Å². The Bertz CT molecular complexity index is 489. The Morgan fingerprint density at radius 2 is 1.76 bits per heavy atom. The molecular weight excluding hydrogens is 276 g/mol. The van der Waals surface area contributed by atoms with Gasteiger partial charge in [0.25, 0.3) is 0 Å². The highest BCUT2D eigenvalue weighted by Gasteiger charge is 2.16. The minimum Gasteiger partial charge on any atom is -0.488 e. The minimum absolute atomic E-state index is 0.773. The first kappa shape index (κ1) is 12.2. The summed E-state index contributed by atoms with van der Waals surface area (Å²) < 4.78 is 6.39. The first-order valence-electron chi connectivity index (χ1n) is 5.60. The molecule has 3 rings (SSSR count). The van der Waals surface area contributed by atoms with Gasteiger partial charge in [0.15, 0.2) is 0 Å². The van der Waals surface area contributed by atoms with Gasteiger partial charge < -0.3 is 4.74 Å². The molecule has 1 aliphatic rings. The molecule has 0 fully saturated rings. The molecule has 88 valence electrons. The standard InChI is InChI=1S/C8H7BrO.C7H8/c1-5-2-7(9)3-6-4-10-8(5)6;1-7-5-3-2-4-6-7/h2-3H,4H2,1H3;2-6H,1H3. The van der Waals surface area contributed by atoms with Crippen molar-refractivity contribution in [2.75, 3.05) is 0 Å². The van der Waals surface area contributed by atoms with Crippen molar-refractivity contribution in [1.82, 2.24) is 0 Å². The SMILES string of the molecule is Cc1cc(Br)cc2c1OC2.Cc1ccccc1. The van der Waals surface area contributed by atoms with Gasteiger partial charge in [0, 0.05) is 10.0 Å². The molecule has 2 aromatic rings. The van der Waals surface area contributed by atoms with E-state index in [1.807, 2.05) is 18.2 Å². The lowest BCUT2D eigenvalue weighted by Crippen LogP contribution is -2.10. The molecule has 17 heavy (non-hydrogen) atoms. The summed E-state index contributed by atoms with van der Waals surface area (Å²) in [6.07, 6.45) is 0. The maximum Gasteiger partial charge on any atom is 0.129 e. The van der Waals surface area contributed by atoms with Crippen LogP contribution < -0.4 is 4.74 Å². The number of rotatable bonds is 0. The Balaban J connectivity index is 0.000000136. The maximum atomic E-state index is 5.24. The Kier molecular flexibility index (Phi) is 3.85. The second-order valence-corrected chi connectivity index (χ2v) is 5.07. The molecule has 0 N–H and O–H groups in total. The lowest BCUT2D eigenvalue weighted by molar-refractivity contribution is 0.241. The third kappa shape index (κ3) is 3.10. The normalized spacial score (nSPS) is 11.5. The second kappa shape index (κ2) is 5.37. The summed E-state index contributed by atoms with van der Waals surface area (Å²) in [6, 6.07) is 14.4. The Morgan fingerprint density at radius 1 is 1.06 bits per heavy atom. The smallest absolute Gasteiger partial charge is 0.129 e. The van der Waals surface area contributed by atoms with E-state index in [1.54, 1.807) is 0 Å². The number of aryl methyl sites for hydroxylation is 2. The molecule has 0 saturated carbocycles. The van der Waals surface area contributed by atoms with Gasteiger partial charge in [0.1, 0.15) is 12.4 Å². The van der Waals surface area contributed by atoms with E-state index in [0.29, 0.717) is 0 Å². The predicted octanol–water partition coefficient (Wildman–Crippen LogP) is 4.64. The number of hydrogen-bond donors (Lipinski definition) is 0. The first-order chi connectivity index (χ1) is 8.16. The van der Waals surface area contributed by atoms with E-state index in [9.17, 15) is 0 Å². The van der Waals surface area contributed by atoms with Crippen molar-refractivity contribution in [3.8, 4) is 5.75 Å². The third-order valence-corrected chi connectivity index (χ3v) is 3.09. The number of fused-ring (bicyclic) bond motifs is 1. The van der Waals surface area contributed by atoms with Crippen LogP contribution in [-0.4, -0.2) is 0 Å². The largest absolute Gasteiger partial charge is 0.488 e. The summed E-state index contributed by atoms with van der Waals surface area (Å²) in [7, 11) is 0. The van der Waals surface area contributed by atoms with Gasteiger partial charge in [0.05, 0.1) is 0 Å². The average molecular weight is 291 g/mol. The van der Waals surface area contributed by atoms with Gasteiger partial charge in [-0.25, -0.2) is 0 Å². The summed E-state index contributed by atoms with van der Waals surface area (Å²) in [5.41, 5.74) is 3.85.